The van der Waals surface area contributed by atoms with Crippen LogP contribution in [0.15, 0.2) is 67.0 Å². The van der Waals surface area contributed by atoms with Crippen molar-refractivity contribution in [2.45, 2.75) is 44.4 Å². The summed E-state index contributed by atoms with van der Waals surface area (Å²) in [6.45, 7) is 2.88. The van der Waals surface area contributed by atoms with E-state index in [9.17, 15) is 10.1 Å². The van der Waals surface area contributed by atoms with Gasteiger partial charge in [-0.3, -0.25) is 9.78 Å². The van der Waals surface area contributed by atoms with Gasteiger partial charge >= 0.3 is 0 Å². The third-order valence-corrected chi connectivity index (χ3v) is 6.62. The van der Waals surface area contributed by atoms with E-state index >= 15 is 0 Å². The maximum atomic E-state index is 13.3. The molecule has 1 aromatic heterocycles. The van der Waals surface area contributed by atoms with E-state index in [0.29, 0.717) is 23.5 Å². The van der Waals surface area contributed by atoms with E-state index < -0.39 is 5.41 Å². The van der Waals surface area contributed by atoms with Crippen LogP contribution in [0.1, 0.15) is 54.9 Å². The van der Waals surface area contributed by atoms with E-state index in [2.05, 4.69) is 18.0 Å². The highest BCUT2D eigenvalue weighted by atomic mass is 16.5. The number of nitriles is 1. The van der Waals surface area contributed by atoms with Gasteiger partial charge in [0, 0.05) is 26.0 Å². The standard InChI is InChI=1S/C28H29N3O2/c1-3-28(13-4-5-15-31(2)27(28)32)24-9-6-10-25(18-24)33-26-17-21(11-12-23(26)19-29)16-22-8-7-14-30-20-22/h6-12,14,17-18,20H,3-5,13,15-16H2,1-2H3. The fraction of sp³-hybridized carbons (Fsp3) is 0.321. The van der Waals surface area contributed by atoms with Crippen LogP contribution in [0.5, 0.6) is 11.5 Å². The molecule has 5 nitrogen and oxygen atoms in total. The molecule has 1 atom stereocenters. The molecule has 0 bridgehead atoms. The molecule has 0 N–H and O–H groups in total. The number of carbonyl (C=O) groups excluding carboxylic acids is 1. The smallest absolute Gasteiger partial charge is 0.232 e. The molecular formula is C28H29N3O2. The van der Waals surface area contributed by atoms with Gasteiger partial charge in [0.1, 0.15) is 17.6 Å². The first-order valence-corrected chi connectivity index (χ1v) is 11.5. The number of amides is 1. The minimum atomic E-state index is -0.537. The summed E-state index contributed by atoms with van der Waals surface area (Å²) in [5.74, 6) is 1.33. The monoisotopic (exact) mass is 439 g/mol. The van der Waals surface area contributed by atoms with Crippen LogP contribution in [0.25, 0.3) is 0 Å². The highest BCUT2D eigenvalue weighted by Gasteiger charge is 2.41. The number of likely N-dealkylation sites (N-methyl/N-ethyl adjacent to an activating group) is 1. The summed E-state index contributed by atoms with van der Waals surface area (Å²) in [5.41, 5.74) is 3.05. The number of nitrogens with zero attached hydrogens (tertiary/aromatic N) is 3. The van der Waals surface area contributed by atoms with Gasteiger partial charge in [-0.2, -0.15) is 5.26 Å². The molecule has 1 aliphatic heterocycles. The zero-order chi connectivity index (χ0) is 23.3. The number of carbonyl (C=O) groups is 1. The number of rotatable bonds is 6. The van der Waals surface area contributed by atoms with Gasteiger partial charge in [-0.25, -0.2) is 0 Å². The predicted molar refractivity (Wildman–Crippen MR) is 128 cm³/mol. The summed E-state index contributed by atoms with van der Waals surface area (Å²) in [4.78, 5) is 19.4. The van der Waals surface area contributed by atoms with Crippen LogP contribution in [-0.2, 0) is 16.6 Å². The van der Waals surface area contributed by atoms with Crippen molar-refractivity contribution in [3.05, 3.63) is 89.2 Å². The second-order valence-corrected chi connectivity index (χ2v) is 8.73. The quantitative estimate of drug-likeness (QED) is 0.499. The average Bonchev–Trinajstić information content (AvgIpc) is 2.99. The summed E-state index contributed by atoms with van der Waals surface area (Å²) in [5, 5.41) is 9.62. The Balaban J connectivity index is 1.65. The Labute approximate surface area is 195 Å². The number of ether oxygens (including phenoxy) is 1. The lowest BCUT2D eigenvalue weighted by molar-refractivity contribution is -0.135. The molecule has 5 heteroatoms. The molecule has 1 fully saturated rings. The van der Waals surface area contributed by atoms with Crippen molar-refractivity contribution in [2.24, 2.45) is 0 Å². The Morgan fingerprint density at radius 2 is 2.00 bits per heavy atom. The fourth-order valence-corrected chi connectivity index (χ4v) is 4.73. The van der Waals surface area contributed by atoms with Crippen LogP contribution < -0.4 is 4.74 Å². The molecule has 33 heavy (non-hydrogen) atoms. The normalized spacial score (nSPS) is 18.5. The van der Waals surface area contributed by atoms with Crippen molar-refractivity contribution in [2.75, 3.05) is 13.6 Å². The third-order valence-electron chi connectivity index (χ3n) is 6.62. The summed E-state index contributed by atoms with van der Waals surface area (Å²) >= 11 is 0. The van der Waals surface area contributed by atoms with Crippen LogP contribution in [-0.4, -0.2) is 29.4 Å². The van der Waals surface area contributed by atoms with Crippen LogP contribution in [0.2, 0.25) is 0 Å². The highest BCUT2D eigenvalue weighted by molar-refractivity contribution is 5.88. The van der Waals surface area contributed by atoms with Crippen molar-refractivity contribution in [3.63, 3.8) is 0 Å². The van der Waals surface area contributed by atoms with Gasteiger partial charge in [0.2, 0.25) is 5.91 Å². The van der Waals surface area contributed by atoms with E-state index in [0.717, 1.165) is 48.9 Å². The number of likely N-dealkylation sites (tertiary alicyclic amines) is 1. The van der Waals surface area contributed by atoms with Gasteiger partial charge in [-0.05, 0) is 72.7 Å². The molecule has 0 radical (unpaired) electrons. The van der Waals surface area contributed by atoms with Crippen LogP contribution in [0.3, 0.4) is 0 Å². The predicted octanol–water partition coefficient (Wildman–Crippen LogP) is 5.63. The van der Waals surface area contributed by atoms with Gasteiger partial charge in [0.25, 0.3) is 0 Å². The summed E-state index contributed by atoms with van der Waals surface area (Å²) < 4.78 is 6.23. The molecule has 2 heterocycles. The summed E-state index contributed by atoms with van der Waals surface area (Å²) in [6.07, 6.45) is 7.91. The number of aromatic nitrogens is 1. The molecular weight excluding hydrogens is 410 g/mol. The Morgan fingerprint density at radius 3 is 2.76 bits per heavy atom. The van der Waals surface area contributed by atoms with Gasteiger partial charge in [0.15, 0.2) is 0 Å². The van der Waals surface area contributed by atoms with Crippen molar-refractivity contribution in [3.8, 4) is 17.6 Å². The zero-order valence-electron chi connectivity index (χ0n) is 19.3. The van der Waals surface area contributed by atoms with Crippen LogP contribution >= 0.6 is 0 Å². The maximum absolute atomic E-state index is 13.3. The molecule has 1 saturated heterocycles. The van der Waals surface area contributed by atoms with E-state index in [1.165, 1.54) is 0 Å². The largest absolute Gasteiger partial charge is 0.456 e. The van der Waals surface area contributed by atoms with Gasteiger partial charge in [-0.15, -0.1) is 0 Å². The molecule has 1 aliphatic rings. The Hall–Kier alpha value is -3.65. The lowest BCUT2D eigenvalue weighted by Crippen LogP contribution is -2.43. The fourth-order valence-electron chi connectivity index (χ4n) is 4.73. The van der Waals surface area contributed by atoms with Crippen LogP contribution in [0, 0.1) is 11.3 Å². The van der Waals surface area contributed by atoms with Gasteiger partial charge in [0.05, 0.1) is 11.0 Å². The first-order valence-electron chi connectivity index (χ1n) is 11.5. The lowest BCUT2D eigenvalue weighted by Gasteiger charge is -2.33. The Morgan fingerprint density at radius 1 is 1.12 bits per heavy atom. The first-order chi connectivity index (χ1) is 16.1. The minimum Gasteiger partial charge on any atom is -0.456 e. The number of hydrogen-bond acceptors (Lipinski definition) is 4. The van der Waals surface area contributed by atoms with Crippen molar-refractivity contribution < 1.29 is 9.53 Å². The Bertz CT molecular complexity index is 1170. The molecule has 2 aromatic carbocycles. The van der Waals surface area contributed by atoms with Crippen molar-refractivity contribution in [1.82, 2.24) is 9.88 Å². The second kappa shape index (κ2) is 9.87. The molecule has 0 spiro atoms. The summed E-state index contributed by atoms with van der Waals surface area (Å²) in [7, 11) is 1.89. The molecule has 1 unspecified atom stereocenters. The first kappa shape index (κ1) is 22.5. The molecule has 4 rings (SSSR count). The molecule has 1 amide bonds. The van der Waals surface area contributed by atoms with E-state index in [1.807, 2.05) is 66.7 Å². The second-order valence-electron chi connectivity index (χ2n) is 8.73. The van der Waals surface area contributed by atoms with Crippen LogP contribution in [0.4, 0.5) is 0 Å². The van der Waals surface area contributed by atoms with Gasteiger partial charge < -0.3 is 9.64 Å². The zero-order valence-corrected chi connectivity index (χ0v) is 19.3. The number of benzene rings is 2. The van der Waals surface area contributed by atoms with E-state index in [4.69, 9.17) is 4.74 Å². The molecule has 168 valence electrons. The number of hydrogen-bond donors (Lipinski definition) is 0. The highest BCUT2D eigenvalue weighted by Crippen LogP contribution is 2.39. The minimum absolute atomic E-state index is 0.177. The molecule has 0 aliphatic carbocycles. The SMILES string of the molecule is CCC1(c2cccc(Oc3cc(Cc4cccnc4)ccc3C#N)c2)CCCCN(C)C1=O. The maximum Gasteiger partial charge on any atom is 0.232 e. The van der Waals surface area contributed by atoms with Crippen molar-refractivity contribution in [1.29, 1.82) is 5.26 Å². The molecule has 0 saturated carbocycles. The van der Waals surface area contributed by atoms with E-state index in [1.54, 1.807) is 12.3 Å². The molecule has 3 aromatic rings. The third kappa shape index (κ3) is 4.75. The van der Waals surface area contributed by atoms with Crippen molar-refractivity contribution >= 4 is 5.91 Å². The topological polar surface area (TPSA) is 66.2 Å². The van der Waals surface area contributed by atoms with Gasteiger partial charge in [-0.1, -0.05) is 37.6 Å². The number of pyridine rings is 1. The van der Waals surface area contributed by atoms with E-state index in [-0.39, 0.29) is 5.91 Å². The Kier molecular flexibility index (Phi) is 6.74. The average molecular weight is 440 g/mol. The summed E-state index contributed by atoms with van der Waals surface area (Å²) in [6, 6.07) is 19.6. The lowest BCUT2D eigenvalue weighted by atomic mass is 9.73.